The minimum absolute atomic E-state index is 0.110. The monoisotopic (exact) mass is 631 g/mol. The Bertz CT molecular complexity index is 1480. The van der Waals surface area contributed by atoms with Crippen molar-refractivity contribution in [3.05, 3.63) is 57.6 Å². The molecule has 1 aliphatic carbocycles. The molecule has 43 heavy (non-hydrogen) atoms. The number of aromatic nitrogens is 1. The van der Waals surface area contributed by atoms with Crippen molar-refractivity contribution in [3.8, 4) is 0 Å². The van der Waals surface area contributed by atoms with Crippen LogP contribution in [0, 0.1) is 10.1 Å². The molecule has 0 spiro atoms. The third-order valence-corrected chi connectivity index (χ3v) is 8.69. The number of thiazole rings is 1. The van der Waals surface area contributed by atoms with Gasteiger partial charge >= 0.3 is 12.4 Å². The first-order valence-corrected chi connectivity index (χ1v) is 14.3. The Morgan fingerprint density at radius 3 is 2.33 bits per heavy atom. The number of nitrogens with zero attached hydrogens (tertiary/aromatic N) is 4. The SMILES string of the molecule is O=C(CO[C@H]1CC[C@H](Nc2ccc([N+](=O)[O-])c(C(F)(F)F)c2)CC1)N1CCN(c2nc3cc(C(F)(F)F)ccc3s2)CC1. The highest BCUT2D eigenvalue weighted by molar-refractivity contribution is 7.22. The van der Waals surface area contributed by atoms with Gasteiger partial charge in [0.25, 0.3) is 5.69 Å². The Morgan fingerprint density at radius 1 is 1.00 bits per heavy atom. The first-order valence-electron chi connectivity index (χ1n) is 13.5. The summed E-state index contributed by atoms with van der Waals surface area (Å²) in [5.41, 5.74) is -2.63. The molecule has 0 atom stereocenters. The minimum Gasteiger partial charge on any atom is -0.382 e. The van der Waals surface area contributed by atoms with Crippen LogP contribution in [0.25, 0.3) is 10.2 Å². The molecule has 1 saturated heterocycles. The number of piperazine rings is 1. The molecule has 232 valence electrons. The summed E-state index contributed by atoms with van der Waals surface area (Å²) in [5, 5.41) is 14.6. The summed E-state index contributed by atoms with van der Waals surface area (Å²) in [6.45, 7) is 1.68. The third-order valence-electron chi connectivity index (χ3n) is 7.59. The van der Waals surface area contributed by atoms with Crippen molar-refractivity contribution in [2.75, 3.05) is 43.0 Å². The lowest BCUT2D eigenvalue weighted by Crippen LogP contribution is -2.50. The lowest BCUT2D eigenvalue weighted by molar-refractivity contribution is -0.388. The standard InChI is InChI=1S/C27H27F6N5O4S/c28-26(29,30)16-1-8-23-21(13-16)35-25(43-23)37-11-9-36(10-12-37)24(39)15-42-19-5-2-17(3-6-19)34-18-4-7-22(38(40)41)20(14-18)27(31,32)33/h1,4,7-8,13-14,17,19,34H,2-3,5-6,9-12,15H2/t17-,19-. The van der Waals surface area contributed by atoms with Gasteiger partial charge in [0.15, 0.2) is 5.13 Å². The van der Waals surface area contributed by atoms with Gasteiger partial charge in [-0.05, 0) is 56.0 Å². The van der Waals surface area contributed by atoms with Gasteiger partial charge in [-0.25, -0.2) is 4.98 Å². The molecule has 2 aromatic carbocycles. The number of ether oxygens (including phenoxy) is 1. The van der Waals surface area contributed by atoms with E-state index < -0.39 is 34.1 Å². The van der Waals surface area contributed by atoms with Crippen molar-refractivity contribution in [3.63, 3.8) is 0 Å². The Morgan fingerprint density at radius 2 is 1.70 bits per heavy atom. The zero-order valence-electron chi connectivity index (χ0n) is 22.6. The van der Waals surface area contributed by atoms with Crippen molar-refractivity contribution in [1.29, 1.82) is 0 Å². The van der Waals surface area contributed by atoms with E-state index in [1.54, 1.807) is 4.90 Å². The van der Waals surface area contributed by atoms with Crippen LogP contribution in [0.2, 0.25) is 0 Å². The number of rotatable bonds is 7. The van der Waals surface area contributed by atoms with E-state index >= 15 is 0 Å². The highest BCUT2D eigenvalue weighted by Gasteiger charge is 2.38. The number of nitrogens with one attached hydrogen (secondary N) is 1. The fourth-order valence-electron chi connectivity index (χ4n) is 5.28. The molecule has 1 saturated carbocycles. The summed E-state index contributed by atoms with van der Waals surface area (Å²) >= 11 is 1.30. The molecular weight excluding hydrogens is 604 g/mol. The molecule has 2 aliphatic rings. The average Bonchev–Trinajstić information content (AvgIpc) is 3.39. The molecule has 0 bridgehead atoms. The van der Waals surface area contributed by atoms with Gasteiger partial charge in [0.2, 0.25) is 5.91 Å². The van der Waals surface area contributed by atoms with Crippen LogP contribution in [0.3, 0.4) is 0 Å². The van der Waals surface area contributed by atoms with Crippen LogP contribution in [-0.4, -0.2) is 65.6 Å². The predicted octanol–water partition coefficient (Wildman–Crippen LogP) is 6.33. The number of hydrogen-bond acceptors (Lipinski definition) is 8. The van der Waals surface area contributed by atoms with Crippen LogP contribution < -0.4 is 10.2 Å². The summed E-state index contributed by atoms with van der Waals surface area (Å²) in [7, 11) is 0. The topological polar surface area (TPSA) is 101 Å². The number of nitro groups is 1. The number of carbonyl (C=O) groups excluding carboxylic acids is 1. The number of nitro benzene ring substituents is 1. The van der Waals surface area contributed by atoms with E-state index in [0.29, 0.717) is 61.7 Å². The molecular formula is C27H27F6N5O4S. The predicted molar refractivity (Wildman–Crippen MR) is 147 cm³/mol. The number of hydrogen-bond donors (Lipinski definition) is 1. The smallest absolute Gasteiger partial charge is 0.382 e. The second-order valence-electron chi connectivity index (χ2n) is 10.5. The van der Waals surface area contributed by atoms with E-state index in [0.717, 1.165) is 24.3 Å². The zero-order chi connectivity index (χ0) is 30.9. The van der Waals surface area contributed by atoms with Crippen molar-refractivity contribution in [1.82, 2.24) is 9.88 Å². The Hall–Kier alpha value is -3.66. The first-order chi connectivity index (χ1) is 20.3. The van der Waals surface area contributed by atoms with E-state index in [-0.39, 0.29) is 35.9 Å². The van der Waals surface area contributed by atoms with Crippen LogP contribution in [-0.2, 0) is 21.9 Å². The van der Waals surface area contributed by atoms with E-state index in [1.165, 1.54) is 23.5 Å². The Kier molecular flexibility index (Phi) is 8.70. The normalized spacial score (nSPS) is 20.0. The average molecular weight is 632 g/mol. The summed E-state index contributed by atoms with van der Waals surface area (Å²) in [6, 6.07) is 6.20. The van der Waals surface area contributed by atoms with Gasteiger partial charge in [0.1, 0.15) is 12.2 Å². The van der Waals surface area contributed by atoms with Crippen molar-refractivity contribution in [2.45, 2.75) is 50.2 Å². The molecule has 1 amide bonds. The zero-order valence-corrected chi connectivity index (χ0v) is 23.4. The summed E-state index contributed by atoms with van der Waals surface area (Å²) < 4.78 is 85.3. The van der Waals surface area contributed by atoms with Crippen LogP contribution in [0.15, 0.2) is 36.4 Å². The van der Waals surface area contributed by atoms with Crippen molar-refractivity contribution < 1.29 is 40.8 Å². The summed E-state index contributed by atoms with van der Waals surface area (Å²) in [6.07, 6.45) is -7.14. The first kappa shape index (κ1) is 30.8. The quantitative estimate of drug-likeness (QED) is 0.185. The number of amides is 1. The maximum absolute atomic E-state index is 13.3. The van der Waals surface area contributed by atoms with E-state index in [2.05, 4.69) is 10.3 Å². The Labute approximate surface area is 245 Å². The number of anilines is 2. The number of benzene rings is 2. The maximum atomic E-state index is 13.3. The van der Waals surface area contributed by atoms with Gasteiger partial charge in [0, 0.05) is 44.0 Å². The van der Waals surface area contributed by atoms with Gasteiger partial charge < -0.3 is 19.9 Å². The lowest BCUT2D eigenvalue weighted by atomic mass is 9.92. The van der Waals surface area contributed by atoms with Gasteiger partial charge in [-0.15, -0.1) is 0 Å². The number of carbonyl (C=O) groups is 1. The molecule has 5 rings (SSSR count). The summed E-state index contributed by atoms with van der Waals surface area (Å²) in [5.74, 6) is -0.176. The molecule has 1 aliphatic heterocycles. The highest BCUT2D eigenvalue weighted by atomic mass is 32.1. The second kappa shape index (κ2) is 12.1. The van der Waals surface area contributed by atoms with E-state index in [4.69, 9.17) is 4.74 Å². The number of alkyl halides is 6. The molecule has 0 unspecified atom stereocenters. The van der Waals surface area contributed by atoms with E-state index in [9.17, 15) is 41.3 Å². The molecule has 2 fully saturated rings. The molecule has 1 N–H and O–H groups in total. The van der Waals surface area contributed by atoms with Gasteiger partial charge in [-0.1, -0.05) is 11.3 Å². The highest BCUT2D eigenvalue weighted by Crippen LogP contribution is 2.38. The number of fused-ring (bicyclic) bond motifs is 1. The minimum atomic E-state index is -4.86. The third kappa shape index (κ3) is 7.29. The van der Waals surface area contributed by atoms with Gasteiger partial charge in [0.05, 0.1) is 26.8 Å². The second-order valence-corrected chi connectivity index (χ2v) is 11.5. The van der Waals surface area contributed by atoms with Crippen LogP contribution >= 0.6 is 11.3 Å². The molecule has 9 nitrogen and oxygen atoms in total. The van der Waals surface area contributed by atoms with E-state index in [1.807, 2.05) is 4.90 Å². The van der Waals surface area contributed by atoms with Crippen molar-refractivity contribution in [2.24, 2.45) is 0 Å². The van der Waals surface area contributed by atoms with Crippen LogP contribution in [0.5, 0.6) is 0 Å². The fraction of sp³-hybridized carbons (Fsp3) is 0.481. The van der Waals surface area contributed by atoms with Gasteiger partial charge in [-0.3, -0.25) is 14.9 Å². The van der Waals surface area contributed by atoms with Crippen LogP contribution in [0.4, 0.5) is 42.8 Å². The number of halogens is 6. The molecule has 16 heteroatoms. The molecule has 3 aromatic rings. The Balaban J connectivity index is 1.06. The van der Waals surface area contributed by atoms with Crippen LogP contribution in [0.1, 0.15) is 36.8 Å². The van der Waals surface area contributed by atoms with Crippen molar-refractivity contribution >= 4 is 44.0 Å². The molecule has 2 heterocycles. The lowest BCUT2D eigenvalue weighted by Gasteiger charge is -2.35. The molecule has 0 radical (unpaired) electrons. The van der Waals surface area contributed by atoms with Gasteiger partial charge in [-0.2, -0.15) is 26.3 Å². The fourth-order valence-corrected chi connectivity index (χ4v) is 6.27. The maximum Gasteiger partial charge on any atom is 0.423 e. The largest absolute Gasteiger partial charge is 0.423 e. The summed E-state index contributed by atoms with van der Waals surface area (Å²) in [4.78, 5) is 30.7. The molecule has 1 aromatic heterocycles.